The van der Waals surface area contributed by atoms with Gasteiger partial charge in [-0.05, 0) is 18.6 Å². The first-order valence-electron chi connectivity index (χ1n) is 5.35. The molecule has 0 spiro atoms. The Morgan fingerprint density at radius 1 is 0.947 bits per heavy atom. The van der Waals surface area contributed by atoms with Gasteiger partial charge in [-0.3, -0.25) is 4.79 Å². The minimum atomic E-state index is 0.223. The second-order valence-corrected chi connectivity index (χ2v) is 5.62. The van der Waals surface area contributed by atoms with Crippen molar-refractivity contribution in [1.29, 1.82) is 0 Å². The van der Waals surface area contributed by atoms with E-state index in [2.05, 4.69) is 0 Å². The van der Waals surface area contributed by atoms with Crippen LogP contribution in [0.3, 0.4) is 0 Å². The molecule has 0 aromatic heterocycles. The molecule has 0 radical (unpaired) electrons. The first kappa shape index (κ1) is 14.7. The lowest BCUT2D eigenvalue weighted by molar-refractivity contribution is 0.112. The van der Waals surface area contributed by atoms with E-state index >= 15 is 0 Å². The molecule has 19 heavy (non-hydrogen) atoms. The maximum atomic E-state index is 11.1. The summed E-state index contributed by atoms with van der Waals surface area (Å²) in [6, 6.07) is 6.91. The highest BCUT2D eigenvalue weighted by Gasteiger charge is 2.17. The van der Waals surface area contributed by atoms with Crippen LogP contribution in [0, 0.1) is 6.92 Å². The first-order chi connectivity index (χ1) is 8.95. The molecular formula is C14H8Cl4O. The molecule has 0 aliphatic rings. The van der Waals surface area contributed by atoms with Gasteiger partial charge in [-0.15, -0.1) is 0 Å². The fourth-order valence-corrected chi connectivity index (χ4v) is 2.92. The average Bonchev–Trinajstić information content (AvgIpc) is 2.36. The zero-order valence-corrected chi connectivity index (χ0v) is 12.8. The Morgan fingerprint density at radius 2 is 1.63 bits per heavy atom. The smallest absolute Gasteiger partial charge is 0.150 e. The molecule has 0 aliphatic heterocycles. The number of hydrogen-bond acceptors (Lipinski definition) is 1. The largest absolute Gasteiger partial charge is 0.298 e. The zero-order chi connectivity index (χ0) is 14.2. The van der Waals surface area contributed by atoms with E-state index in [1.54, 1.807) is 6.07 Å². The lowest BCUT2D eigenvalue weighted by Crippen LogP contribution is -1.92. The summed E-state index contributed by atoms with van der Waals surface area (Å²) < 4.78 is 0. The van der Waals surface area contributed by atoms with E-state index in [1.807, 2.05) is 19.1 Å². The van der Waals surface area contributed by atoms with Gasteiger partial charge in [0.15, 0.2) is 6.29 Å². The molecule has 0 aliphatic carbocycles. The van der Waals surface area contributed by atoms with E-state index in [-0.39, 0.29) is 15.1 Å². The molecule has 0 N–H and O–H groups in total. The minimum Gasteiger partial charge on any atom is -0.298 e. The summed E-state index contributed by atoms with van der Waals surface area (Å²) in [5.74, 6) is 0. The highest BCUT2D eigenvalue weighted by atomic mass is 35.5. The van der Waals surface area contributed by atoms with Crippen LogP contribution in [0.1, 0.15) is 15.9 Å². The Kier molecular flexibility index (Phi) is 4.42. The summed E-state index contributed by atoms with van der Waals surface area (Å²) in [5, 5.41) is 1.10. The molecule has 2 aromatic carbocycles. The third-order valence-electron chi connectivity index (χ3n) is 2.72. The van der Waals surface area contributed by atoms with Crippen molar-refractivity contribution >= 4 is 52.7 Å². The molecule has 0 fully saturated rings. The predicted molar refractivity (Wildman–Crippen MR) is 82.0 cm³/mol. The van der Waals surface area contributed by atoms with Crippen LogP contribution >= 0.6 is 46.4 Å². The average molecular weight is 334 g/mol. The van der Waals surface area contributed by atoms with Gasteiger partial charge in [0.2, 0.25) is 0 Å². The van der Waals surface area contributed by atoms with E-state index in [1.165, 1.54) is 6.07 Å². The quantitative estimate of drug-likeness (QED) is 0.369. The van der Waals surface area contributed by atoms with Crippen LogP contribution in [0.25, 0.3) is 11.1 Å². The third-order valence-corrected chi connectivity index (χ3v) is 4.28. The molecule has 98 valence electrons. The van der Waals surface area contributed by atoms with Crippen LogP contribution in [-0.2, 0) is 0 Å². The highest BCUT2D eigenvalue weighted by molar-refractivity contribution is 6.51. The Balaban J connectivity index is 2.82. The van der Waals surface area contributed by atoms with Crippen molar-refractivity contribution < 1.29 is 4.79 Å². The molecular weight excluding hydrogens is 326 g/mol. The number of halogens is 4. The number of carbonyl (C=O) groups excluding carboxylic acids is 1. The Hall–Kier alpha value is -0.730. The first-order valence-corrected chi connectivity index (χ1v) is 6.86. The molecule has 5 heteroatoms. The Bertz CT molecular complexity index is 665. The topological polar surface area (TPSA) is 17.1 Å². The van der Waals surface area contributed by atoms with Gasteiger partial charge < -0.3 is 0 Å². The second-order valence-electron chi connectivity index (χ2n) is 4.05. The van der Waals surface area contributed by atoms with Gasteiger partial charge in [-0.1, -0.05) is 70.2 Å². The predicted octanol–water partition coefficient (Wildman–Crippen LogP) is 6.09. The zero-order valence-electron chi connectivity index (χ0n) is 9.81. The molecule has 0 saturated heterocycles. The van der Waals surface area contributed by atoms with Crippen LogP contribution in [0.15, 0.2) is 24.3 Å². The highest BCUT2D eigenvalue weighted by Crippen LogP contribution is 2.43. The standard InChI is InChI=1S/C14H8Cl4O/c1-7-2-3-8(6-19)9(4-7)12-10(15)5-11(16)13(17)14(12)18/h2-6H,1H3. The van der Waals surface area contributed by atoms with Gasteiger partial charge in [0, 0.05) is 11.1 Å². The molecule has 0 heterocycles. The molecule has 0 unspecified atom stereocenters. The summed E-state index contributed by atoms with van der Waals surface area (Å²) in [6.07, 6.45) is 0.754. The van der Waals surface area contributed by atoms with Crippen LogP contribution in [0.4, 0.5) is 0 Å². The van der Waals surface area contributed by atoms with Crippen molar-refractivity contribution in [2.45, 2.75) is 6.92 Å². The lowest BCUT2D eigenvalue weighted by Gasteiger charge is -2.13. The molecule has 2 rings (SSSR count). The van der Waals surface area contributed by atoms with Crippen LogP contribution in [0.2, 0.25) is 20.1 Å². The van der Waals surface area contributed by atoms with Gasteiger partial charge >= 0.3 is 0 Å². The van der Waals surface area contributed by atoms with Crippen molar-refractivity contribution in [1.82, 2.24) is 0 Å². The summed E-state index contributed by atoms with van der Waals surface area (Å²) in [5.41, 5.74) is 2.64. The molecule has 0 atom stereocenters. The number of benzene rings is 2. The second kappa shape index (κ2) is 5.72. The molecule has 0 bridgehead atoms. The normalized spacial score (nSPS) is 10.6. The van der Waals surface area contributed by atoms with E-state index in [4.69, 9.17) is 46.4 Å². The summed E-state index contributed by atoms with van der Waals surface area (Å²) in [4.78, 5) is 11.1. The molecule has 0 saturated carbocycles. The third kappa shape index (κ3) is 2.75. The monoisotopic (exact) mass is 332 g/mol. The van der Waals surface area contributed by atoms with Crippen molar-refractivity contribution in [3.63, 3.8) is 0 Å². The lowest BCUT2D eigenvalue weighted by atomic mass is 9.98. The SMILES string of the molecule is Cc1ccc(C=O)c(-c2c(Cl)cc(Cl)c(Cl)c2Cl)c1. The number of hydrogen-bond donors (Lipinski definition) is 0. The fourth-order valence-electron chi connectivity index (χ4n) is 1.80. The number of aryl methyl sites for hydroxylation is 1. The van der Waals surface area contributed by atoms with Crippen molar-refractivity contribution in [3.8, 4) is 11.1 Å². The minimum absolute atomic E-state index is 0.223. The van der Waals surface area contributed by atoms with Crippen molar-refractivity contribution in [3.05, 3.63) is 55.5 Å². The van der Waals surface area contributed by atoms with Crippen LogP contribution in [-0.4, -0.2) is 6.29 Å². The molecule has 2 aromatic rings. The summed E-state index contributed by atoms with van der Waals surface area (Å²) >= 11 is 24.3. The summed E-state index contributed by atoms with van der Waals surface area (Å²) in [7, 11) is 0. The van der Waals surface area contributed by atoms with Gasteiger partial charge in [0.25, 0.3) is 0 Å². The Morgan fingerprint density at radius 3 is 2.26 bits per heavy atom. The maximum absolute atomic E-state index is 11.1. The van der Waals surface area contributed by atoms with E-state index in [0.29, 0.717) is 21.7 Å². The van der Waals surface area contributed by atoms with Gasteiger partial charge in [-0.25, -0.2) is 0 Å². The van der Waals surface area contributed by atoms with Crippen molar-refractivity contribution in [2.24, 2.45) is 0 Å². The maximum Gasteiger partial charge on any atom is 0.150 e. The molecule has 0 amide bonds. The van der Waals surface area contributed by atoms with Crippen LogP contribution < -0.4 is 0 Å². The number of aldehydes is 1. The van der Waals surface area contributed by atoms with E-state index in [0.717, 1.165) is 11.8 Å². The number of rotatable bonds is 2. The van der Waals surface area contributed by atoms with Gasteiger partial charge in [0.1, 0.15) is 0 Å². The Labute approximate surface area is 131 Å². The molecule has 1 nitrogen and oxygen atoms in total. The van der Waals surface area contributed by atoms with Gasteiger partial charge in [0.05, 0.1) is 20.1 Å². The fraction of sp³-hybridized carbons (Fsp3) is 0.0714. The van der Waals surface area contributed by atoms with E-state index in [9.17, 15) is 4.79 Å². The van der Waals surface area contributed by atoms with Crippen LogP contribution in [0.5, 0.6) is 0 Å². The van der Waals surface area contributed by atoms with Crippen molar-refractivity contribution in [2.75, 3.05) is 0 Å². The van der Waals surface area contributed by atoms with E-state index < -0.39 is 0 Å². The van der Waals surface area contributed by atoms with Gasteiger partial charge in [-0.2, -0.15) is 0 Å². The number of carbonyl (C=O) groups is 1. The summed E-state index contributed by atoms with van der Waals surface area (Å²) in [6.45, 7) is 1.91.